The number of halogens is 2. The Labute approximate surface area is 195 Å². The number of benzene rings is 2. The first-order valence-corrected chi connectivity index (χ1v) is 11.0. The van der Waals surface area contributed by atoms with E-state index >= 15 is 0 Å². The summed E-state index contributed by atoms with van der Waals surface area (Å²) in [7, 11) is 0. The van der Waals surface area contributed by atoms with Gasteiger partial charge in [-0.3, -0.25) is 9.59 Å². The maximum absolute atomic E-state index is 13.0. The Morgan fingerprint density at radius 3 is 2.72 bits per heavy atom. The highest BCUT2D eigenvalue weighted by Crippen LogP contribution is 2.27. The number of nitrogens with one attached hydrogen (secondary N) is 1. The number of nitrogens with zero attached hydrogens (tertiary/aromatic N) is 3. The molecule has 0 unspecified atom stereocenters. The fourth-order valence-corrected chi connectivity index (χ4v) is 4.02. The summed E-state index contributed by atoms with van der Waals surface area (Å²) in [6.45, 7) is 1.69. The highest BCUT2D eigenvalue weighted by atomic mass is 35.5. The number of ether oxygens (including phenoxy) is 1. The molecule has 2 heterocycles. The normalized spacial score (nSPS) is 15.6. The lowest BCUT2D eigenvalue weighted by atomic mass is 10.1. The molecule has 0 saturated carbocycles. The maximum atomic E-state index is 13.0. The summed E-state index contributed by atoms with van der Waals surface area (Å²) in [5.41, 5.74) is 0.938. The van der Waals surface area contributed by atoms with Crippen LogP contribution in [0, 0.1) is 0 Å². The SMILES string of the molecule is O=C(Nc1ccc(OCCn2ccnc2)cc1)[C@H]1CCCN1C(=O)c1cc(Cl)ccc1Cl. The largest absolute Gasteiger partial charge is 0.492 e. The van der Waals surface area contributed by atoms with Crippen molar-refractivity contribution in [3.8, 4) is 5.75 Å². The van der Waals surface area contributed by atoms with Crippen LogP contribution >= 0.6 is 23.2 Å². The molecule has 0 spiro atoms. The lowest BCUT2D eigenvalue weighted by Gasteiger charge is -2.24. The zero-order valence-electron chi connectivity index (χ0n) is 17.2. The van der Waals surface area contributed by atoms with E-state index < -0.39 is 6.04 Å². The fourth-order valence-electron chi connectivity index (χ4n) is 3.65. The molecule has 1 N–H and O–H groups in total. The van der Waals surface area contributed by atoms with E-state index in [-0.39, 0.29) is 11.8 Å². The summed E-state index contributed by atoms with van der Waals surface area (Å²) in [6, 6.07) is 11.3. The molecule has 4 rings (SSSR count). The van der Waals surface area contributed by atoms with E-state index in [1.165, 1.54) is 6.07 Å². The minimum Gasteiger partial charge on any atom is -0.492 e. The Kier molecular flexibility index (Phi) is 6.97. The average Bonchev–Trinajstić information content (AvgIpc) is 3.48. The van der Waals surface area contributed by atoms with Crippen LogP contribution in [0.4, 0.5) is 5.69 Å². The van der Waals surface area contributed by atoms with Crippen molar-refractivity contribution in [3.05, 3.63) is 76.8 Å². The zero-order chi connectivity index (χ0) is 22.5. The molecule has 166 valence electrons. The highest BCUT2D eigenvalue weighted by Gasteiger charge is 2.35. The molecule has 1 fully saturated rings. The first-order chi connectivity index (χ1) is 15.5. The number of hydrogen-bond acceptors (Lipinski definition) is 4. The summed E-state index contributed by atoms with van der Waals surface area (Å²) in [5.74, 6) is 0.177. The average molecular weight is 473 g/mol. The van der Waals surface area contributed by atoms with E-state index in [9.17, 15) is 9.59 Å². The minimum absolute atomic E-state index is 0.234. The van der Waals surface area contributed by atoms with Crippen molar-refractivity contribution in [2.24, 2.45) is 0 Å². The van der Waals surface area contributed by atoms with Crippen LogP contribution in [0.1, 0.15) is 23.2 Å². The van der Waals surface area contributed by atoms with Gasteiger partial charge in [0, 0.05) is 29.6 Å². The van der Waals surface area contributed by atoms with Gasteiger partial charge in [0.25, 0.3) is 5.91 Å². The van der Waals surface area contributed by atoms with Gasteiger partial charge in [-0.15, -0.1) is 0 Å². The van der Waals surface area contributed by atoms with Gasteiger partial charge in [0.1, 0.15) is 18.4 Å². The molecule has 2 aromatic carbocycles. The van der Waals surface area contributed by atoms with Gasteiger partial charge in [0.05, 0.1) is 23.5 Å². The van der Waals surface area contributed by atoms with Gasteiger partial charge in [0.2, 0.25) is 5.91 Å². The van der Waals surface area contributed by atoms with Gasteiger partial charge < -0.3 is 19.5 Å². The number of hydrogen-bond donors (Lipinski definition) is 1. The first kappa shape index (κ1) is 22.2. The number of amides is 2. The number of likely N-dealkylation sites (tertiary alicyclic amines) is 1. The molecule has 0 aliphatic carbocycles. The predicted octanol–water partition coefficient (Wildman–Crippen LogP) is 4.51. The van der Waals surface area contributed by atoms with E-state index in [0.29, 0.717) is 53.2 Å². The molecule has 1 aliphatic rings. The Bertz CT molecular complexity index is 1090. The number of carbonyl (C=O) groups is 2. The van der Waals surface area contributed by atoms with Crippen LogP contribution in [-0.4, -0.2) is 45.5 Å². The van der Waals surface area contributed by atoms with Crippen molar-refractivity contribution in [2.45, 2.75) is 25.4 Å². The summed E-state index contributed by atoms with van der Waals surface area (Å²) in [4.78, 5) is 31.4. The predicted molar refractivity (Wildman–Crippen MR) is 123 cm³/mol. The molecule has 3 aromatic rings. The summed E-state index contributed by atoms with van der Waals surface area (Å²) < 4.78 is 7.65. The van der Waals surface area contributed by atoms with Crippen LogP contribution < -0.4 is 10.1 Å². The monoisotopic (exact) mass is 472 g/mol. The van der Waals surface area contributed by atoms with Crippen molar-refractivity contribution in [3.63, 3.8) is 0 Å². The van der Waals surface area contributed by atoms with Crippen LogP contribution in [0.15, 0.2) is 61.2 Å². The van der Waals surface area contributed by atoms with Crippen LogP contribution in [0.5, 0.6) is 5.75 Å². The van der Waals surface area contributed by atoms with Crippen molar-refractivity contribution < 1.29 is 14.3 Å². The van der Waals surface area contributed by atoms with E-state index in [4.69, 9.17) is 27.9 Å². The standard InChI is InChI=1S/C23H22Cl2N4O3/c24-16-3-8-20(25)19(14-16)23(31)29-10-1-2-21(29)22(30)27-17-4-6-18(7-5-17)32-13-12-28-11-9-26-15-28/h3-9,11,14-15,21H,1-2,10,12-13H2,(H,27,30)/t21-/m1/s1. The molecule has 1 saturated heterocycles. The number of anilines is 1. The van der Waals surface area contributed by atoms with Crippen molar-refractivity contribution >= 4 is 40.7 Å². The van der Waals surface area contributed by atoms with Crippen molar-refractivity contribution in [1.29, 1.82) is 0 Å². The zero-order valence-corrected chi connectivity index (χ0v) is 18.7. The molecule has 2 amide bonds. The van der Waals surface area contributed by atoms with Gasteiger partial charge >= 0.3 is 0 Å². The maximum Gasteiger partial charge on any atom is 0.256 e. The van der Waals surface area contributed by atoms with Gasteiger partial charge in [-0.1, -0.05) is 23.2 Å². The quantitative estimate of drug-likeness (QED) is 0.548. The molecular weight excluding hydrogens is 451 g/mol. The highest BCUT2D eigenvalue weighted by molar-refractivity contribution is 6.35. The van der Waals surface area contributed by atoms with Crippen LogP contribution in [0.25, 0.3) is 0 Å². The Morgan fingerprint density at radius 2 is 1.97 bits per heavy atom. The topological polar surface area (TPSA) is 76.5 Å². The van der Waals surface area contributed by atoms with E-state index in [1.807, 2.05) is 10.8 Å². The first-order valence-electron chi connectivity index (χ1n) is 10.3. The molecule has 32 heavy (non-hydrogen) atoms. The Morgan fingerprint density at radius 1 is 1.16 bits per heavy atom. The van der Waals surface area contributed by atoms with Crippen molar-refractivity contribution in [2.75, 3.05) is 18.5 Å². The number of carbonyl (C=O) groups excluding carboxylic acids is 2. The second kappa shape index (κ2) is 10.1. The second-order valence-corrected chi connectivity index (χ2v) is 8.29. The Balaban J connectivity index is 1.35. The lowest BCUT2D eigenvalue weighted by molar-refractivity contribution is -0.119. The molecule has 9 heteroatoms. The number of imidazole rings is 1. The van der Waals surface area contributed by atoms with Crippen LogP contribution in [0.2, 0.25) is 10.0 Å². The molecule has 0 radical (unpaired) electrons. The summed E-state index contributed by atoms with van der Waals surface area (Å²) in [5, 5.41) is 3.63. The van der Waals surface area contributed by atoms with Crippen molar-refractivity contribution in [1.82, 2.24) is 14.5 Å². The molecule has 1 aromatic heterocycles. The van der Waals surface area contributed by atoms with Gasteiger partial charge in [0.15, 0.2) is 0 Å². The minimum atomic E-state index is -0.566. The molecule has 1 atom stereocenters. The van der Waals surface area contributed by atoms with Gasteiger partial charge in [-0.2, -0.15) is 0 Å². The van der Waals surface area contributed by atoms with Gasteiger partial charge in [-0.05, 0) is 55.3 Å². The second-order valence-electron chi connectivity index (χ2n) is 7.44. The smallest absolute Gasteiger partial charge is 0.256 e. The van der Waals surface area contributed by atoms with E-state index in [0.717, 1.165) is 6.42 Å². The van der Waals surface area contributed by atoms with Gasteiger partial charge in [-0.25, -0.2) is 4.98 Å². The molecule has 7 nitrogen and oxygen atoms in total. The fraction of sp³-hybridized carbons (Fsp3) is 0.261. The third kappa shape index (κ3) is 5.23. The van der Waals surface area contributed by atoms with E-state index in [2.05, 4.69) is 10.3 Å². The number of rotatable bonds is 7. The van der Waals surface area contributed by atoms with Crippen LogP contribution in [0.3, 0.4) is 0 Å². The summed E-state index contributed by atoms with van der Waals surface area (Å²) in [6.07, 6.45) is 6.66. The molecule has 0 bridgehead atoms. The number of aromatic nitrogens is 2. The molecule has 1 aliphatic heterocycles. The van der Waals surface area contributed by atoms with E-state index in [1.54, 1.807) is 53.8 Å². The lowest BCUT2D eigenvalue weighted by Crippen LogP contribution is -2.43. The van der Waals surface area contributed by atoms with Crippen LogP contribution in [-0.2, 0) is 11.3 Å². The third-order valence-electron chi connectivity index (χ3n) is 5.27. The molecular formula is C23H22Cl2N4O3. The Hall–Kier alpha value is -3.03. The summed E-state index contributed by atoms with van der Waals surface area (Å²) >= 11 is 12.2. The third-order valence-corrected chi connectivity index (χ3v) is 5.84.